The Morgan fingerprint density at radius 2 is 0.718 bits per heavy atom. The molecule has 332 valence electrons. The third kappa shape index (κ3) is 6.84. The van der Waals surface area contributed by atoms with Crippen LogP contribution in [-0.4, -0.2) is 28.7 Å². The number of fused-ring (bicyclic) bond motifs is 8. The standard InChI is InChI=1S/C65H42N6/c1-6-18-43(19-7-1)48-38-49(65-67-63(44-20-8-2-9-21-44)66-64(68-65)45-22-10-3-11-23-45)40-52(39-48)70-59-29-17-16-28-53(59)56-41-46(30-33-60(56)70)47-31-34-61-57(42-47)54-32-35-58-55(36-37-69(58)50-24-12-4-13-25-50)62(54)71(61)51-26-14-5-15-27-51/h1-42H. The van der Waals surface area contributed by atoms with Gasteiger partial charge in [-0.2, -0.15) is 0 Å². The molecule has 0 saturated heterocycles. The number of aromatic nitrogens is 6. The van der Waals surface area contributed by atoms with Crippen molar-refractivity contribution in [3.05, 3.63) is 255 Å². The van der Waals surface area contributed by atoms with Crippen LogP contribution < -0.4 is 0 Å². The van der Waals surface area contributed by atoms with E-state index in [1.807, 2.05) is 36.4 Å². The Balaban J connectivity index is 0.947. The Hall–Kier alpha value is -9.65. The maximum absolute atomic E-state index is 5.18. The van der Waals surface area contributed by atoms with Crippen molar-refractivity contribution in [2.75, 3.05) is 0 Å². The van der Waals surface area contributed by atoms with Crippen molar-refractivity contribution in [2.45, 2.75) is 0 Å². The summed E-state index contributed by atoms with van der Waals surface area (Å²) in [6, 6.07) is 88.4. The van der Waals surface area contributed by atoms with Gasteiger partial charge in [-0.3, -0.25) is 0 Å². The van der Waals surface area contributed by atoms with E-state index in [9.17, 15) is 0 Å². The van der Waals surface area contributed by atoms with Gasteiger partial charge < -0.3 is 13.7 Å². The quantitative estimate of drug-likeness (QED) is 0.153. The molecule has 0 bridgehead atoms. The summed E-state index contributed by atoms with van der Waals surface area (Å²) in [4.78, 5) is 15.4. The fourth-order valence-electron chi connectivity index (χ4n) is 10.6. The molecule has 0 amide bonds. The van der Waals surface area contributed by atoms with Gasteiger partial charge in [0, 0.05) is 66.9 Å². The van der Waals surface area contributed by atoms with Gasteiger partial charge >= 0.3 is 0 Å². The second kappa shape index (κ2) is 16.5. The van der Waals surface area contributed by atoms with E-state index in [4.69, 9.17) is 15.0 Å². The largest absolute Gasteiger partial charge is 0.316 e. The molecule has 0 aliphatic heterocycles. The molecular weight excluding hydrogens is 865 g/mol. The van der Waals surface area contributed by atoms with Gasteiger partial charge in [0.05, 0.1) is 27.6 Å². The van der Waals surface area contributed by atoms with Gasteiger partial charge in [-0.25, -0.2) is 15.0 Å². The summed E-state index contributed by atoms with van der Waals surface area (Å²) in [5.41, 5.74) is 16.4. The van der Waals surface area contributed by atoms with Crippen molar-refractivity contribution in [1.82, 2.24) is 28.7 Å². The lowest BCUT2D eigenvalue weighted by Crippen LogP contribution is -2.01. The Morgan fingerprint density at radius 1 is 0.239 bits per heavy atom. The summed E-state index contributed by atoms with van der Waals surface area (Å²) in [6.07, 6.45) is 2.19. The van der Waals surface area contributed by atoms with Crippen LogP contribution in [0.3, 0.4) is 0 Å². The molecule has 0 saturated carbocycles. The van der Waals surface area contributed by atoms with E-state index in [2.05, 4.69) is 232 Å². The van der Waals surface area contributed by atoms with Gasteiger partial charge in [-0.15, -0.1) is 0 Å². The van der Waals surface area contributed by atoms with Crippen molar-refractivity contribution < 1.29 is 0 Å². The summed E-state index contributed by atoms with van der Waals surface area (Å²) in [5, 5.41) is 6.01. The lowest BCUT2D eigenvalue weighted by atomic mass is 10.00. The highest BCUT2D eigenvalue weighted by Crippen LogP contribution is 2.42. The maximum atomic E-state index is 5.18. The predicted molar refractivity (Wildman–Crippen MR) is 293 cm³/mol. The first-order valence-electron chi connectivity index (χ1n) is 24.0. The molecule has 6 nitrogen and oxygen atoms in total. The summed E-state index contributed by atoms with van der Waals surface area (Å²) in [6.45, 7) is 0. The first kappa shape index (κ1) is 40.4. The first-order valence-corrected chi connectivity index (χ1v) is 24.0. The van der Waals surface area contributed by atoms with Crippen LogP contribution in [0.2, 0.25) is 0 Å². The van der Waals surface area contributed by atoms with Gasteiger partial charge in [0.25, 0.3) is 0 Å². The van der Waals surface area contributed by atoms with Crippen molar-refractivity contribution in [1.29, 1.82) is 0 Å². The number of hydrogen-bond donors (Lipinski definition) is 0. The highest BCUT2D eigenvalue weighted by atomic mass is 15.0. The Labute approximate surface area is 409 Å². The zero-order chi connectivity index (χ0) is 46.8. The van der Waals surface area contributed by atoms with Crippen LogP contribution in [0.1, 0.15) is 0 Å². The van der Waals surface area contributed by atoms with E-state index >= 15 is 0 Å². The molecule has 14 aromatic rings. The zero-order valence-corrected chi connectivity index (χ0v) is 38.4. The lowest BCUT2D eigenvalue weighted by Gasteiger charge is -2.14. The SMILES string of the molecule is c1ccc(-c2cc(-c3nc(-c4ccccc4)nc(-c4ccccc4)n3)cc(-n3c4ccccc4c4cc(-c5ccc6c(c5)c5ccc7c(ccn7-c7ccccc7)c5n6-c5ccccc5)ccc43)c2)cc1. The van der Waals surface area contributed by atoms with Crippen LogP contribution in [0.15, 0.2) is 255 Å². The van der Waals surface area contributed by atoms with Gasteiger partial charge in [-0.1, -0.05) is 164 Å². The molecule has 0 unspecified atom stereocenters. The summed E-state index contributed by atoms with van der Waals surface area (Å²) >= 11 is 0. The van der Waals surface area contributed by atoms with Crippen molar-refractivity contribution >= 4 is 54.5 Å². The highest BCUT2D eigenvalue weighted by Gasteiger charge is 2.21. The summed E-state index contributed by atoms with van der Waals surface area (Å²) in [5.74, 6) is 1.87. The van der Waals surface area contributed by atoms with Gasteiger partial charge in [0.1, 0.15) is 0 Å². The number of para-hydroxylation sites is 3. The molecule has 0 N–H and O–H groups in total. The van der Waals surface area contributed by atoms with Crippen molar-refractivity contribution in [2.24, 2.45) is 0 Å². The van der Waals surface area contributed by atoms with E-state index < -0.39 is 0 Å². The molecule has 10 aromatic carbocycles. The van der Waals surface area contributed by atoms with Crippen LogP contribution in [0.4, 0.5) is 0 Å². The Bertz CT molecular complexity index is 4250. The van der Waals surface area contributed by atoms with Gasteiger partial charge in [0.2, 0.25) is 0 Å². The number of nitrogens with zero attached hydrogens (tertiary/aromatic N) is 6. The molecule has 0 fully saturated rings. The molecule has 14 rings (SSSR count). The molecule has 4 heterocycles. The van der Waals surface area contributed by atoms with Gasteiger partial charge in [0.15, 0.2) is 17.5 Å². The topological polar surface area (TPSA) is 53.5 Å². The molecule has 0 spiro atoms. The minimum Gasteiger partial charge on any atom is -0.316 e. The molecule has 0 atom stereocenters. The monoisotopic (exact) mass is 906 g/mol. The molecular formula is C65H42N6. The van der Waals surface area contributed by atoms with Crippen LogP contribution >= 0.6 is 0 Å². The Kier molecular flexibility index (Phi) is 9.42. The minimum atomic E-state index is 0.610. The maximum Gasteiger partial charge on any atom is 0.164 e. The van der Waals surface area contributed by atoms with Crippen molar-refractivity contribution in [3.63, 3.8) is 0 Å². The molecule has 4 aromatic heterocycles. The van der Waals surface area contributed by atoms with E-state index in [1.54, 1.807) is 0 Å². The number of hydrogen-bond acceptors (Lipinski definition) is 3. The van der Waals surface area contributed by atoms with Crippen molar-refractivity contribution in [3.8, 4) is 73.5 Å². The zero-order valence-electron chi connectivity index (χ0n) is 38.4. The van der Waals surface area contributed by atoms with Crippen LogP contribution in [0.5, 0.6) is 0 Å². The van der Waals surface area contributed by atoms with E-state index in [1.165, 1.54) is 43.5 Å². The Morgan fingerprint density at radius 3 is 1.35 bits per heavy atom. The van der Waals surface area contributed by atoms with Crippen LogP contribution in [-0.2, 0) is 0 Å². The molecule has 0 radical (unpaired) electrons. The smallest absolute Gasteiger partial charge is 0.164 e. The first-order chi connectivity index (χ1) is 35.2. The lowest BCUT2D eigenvalue weighted by molar-refractivity contribution is 1.07. The van der Waals surface area contributed by atoms with Gasteiger partial charge in [-0.05, 0) is 107 Å². The fraction of sp³-hybridized carbons (Fsp3) is 0. The average Bonchev–Trinajstić information content (AvgIpc) is 4.14. The average molecular weight is 907 g/mol. The molecule has 0 aliphatic carbocycles. The van der Waals surface area contributed by atoms with E-state index in [-0.39, 0.29) is 0 Å². The highest BCUT2D eigenvalue weighted by molar-refractivity contribution is 6.19. The molecule has 0 aliphatic rings. The molecule has 71 heavy (non-hydrogen) atoms. The summed E-state index contributed by atoms with van der Waals surface area (Å²) < 4.78 is 7.11. The number of benzene rings is 10. The van der Waals surface area contributed by atoms with E-state index in [0.717, 1.165) is 67.0 Å². The summed E-state index contributed by atoms with van der Waals surface area (Å²) in [7, 11) is 0. The predicted octanol–water partition coefficient (Wildman–Crippen LogP) is 16.3. The van der Waals surface area contributed by atoms with Crippen LogP contribution in [0, 0.1) is 0 Å². The minimum absolute atomic E-state index is 0.610. The molecule has 6 heteroatoms. The second-order valence-electron chi connectivity index (χ2n) is 18.1. The van der Waals surface area contributed by atoms with E-state index in [0.29, 0.717) is 17.5 Å². The third-order valence-electron chi connectivity index (χ3n) is 13.9. The third-order valence-corrected chi connectivity index (χ3v) is 13.9. The number of rotatable bonds is 8. The second-order valence-corrected chi connectivity index (χ2v) is 18.1. The van der Waals surface area contributed by atoms with Crippen LogP contribution in [0.25, 0.3) is 128 Å². The fourth-order valence-corrected chi connectivity index (χ4v) is 10.6. The normalized spacial score (nSPS) is 11.7.